The second kappa shape index (κ2) is 6.51. The molecular formula is C12H19ClN2O. The maximum absolute atomic E-state index is 11.6. The van der Waals surface area contributed by atoms with Crippen molar-refractivity contribution in [2.24, 2.45) is 11.7 Å². The van der Waals surface area contributed by atoms with Crippen LogP contribution in [0, 0.1) is 12.8 Å². The molecule has 1 unspecified atom stereocenters. The average molecular weight is 243 g/mol. The fourth-order valence-electron chi connectivity index (χ4n) is 1.17. The summed E-state index contributed by atoms with van der Waals surface area (Å²) in [5, 5.41) is 2.79. The van der Waals surface area contributed by atoms with Crippen molar-refractivity contribution in [3.63, 3.8) is 0 Å². The molecule has 0 fully saturated rings. The highest BCUT2D eigenvalue weighted by Gasteiger charge is 2.16. The van der Waals surface area contributed by atoms with Crippen LogP contribution in [0.15, 0.2) is 24.3 Å². The molecule has 0 spiro atoms. The molecule has 16 heavy (non-hydrogen) atoms. The molecule has 0 saturated heterocycles. The number of carbonyl (C=O) groups is 1. The van der Waals surface area contributed by atoms with Crippen LogP contribution in [0.1, 0.15) is 19.4 Å². The van der Waals surface area contributed by atoms with Crippen LogP contribution in [-0.4, -0.2) is 11.9 Å². The van der Waals surface area contributed by atoms with Crippen LogP contribution in [0.2, 0.25) is 0 Å². The lowest BCUT2D eigenvalue weighted by atomic mass is 10.0. The van der Waals surface area contributed by atoms with Gasteiger partial charge in [0.05, 0.1) is 6.04 Å². The van der Waals surface area contributed by atoms with Gasteiger partial charge < -0.3 is 11.1 Å². The first-order valence-corrected chi connectivity index (χ1v) is 5.14. The Hall–Kier alpha value is -1.06. The summed E-state index contributed by atoms with van der Waals surface area (Å²) in [6.07, 6.45) is 0. The van der Waals surface area contributed by atoms with E-state index in [1.165, 1.54) is 5.56 Å². The number of hydrogen-bond acceptors (Lipinski definition) is 2. The Kier molecular flexibility index (Phi) is 6.08. The number of carbonyl (C=O) groups excluding carboxylic acids is 1. The van der Waals surface area contributed by atoms with Crippen molar-refractivity contribution in [3.8, 4) is 0 Å². The van der Waals surface area contributed by atoms with E-state index in [1.807, 2.05) is 45.0 Å². The number of nitrogens with two attached hydrogens (primary N) is 1. The van der Waals surface area contributed by atoms with Crippen LogP contribution in [-0.2, 0) is 4.79 Å². The summed E-state index contributed by atoms with van der Waals surface area (Å²) in [6, 6.07) is 7.21. The molecule has 1 atom stereocenters. The summed E-state index contributed by atoms with van der Waals surface area (Å²) in [4.78, 5) is 11.6. The fraction of sp³-hybridized carbons (Fsp3) is 0.417. The van der Waals surface area contributed by atoms with Gasteiger partial charge in [0.1, 0.15) is 0 Å². The zero-order chi connectivity index (χ0) is 11.4. The second-order valence-electron chi connectivity index (χ2n) is 4.13. The number of rotatable bonds is 3. The van der Waals surface area contributed by atoms with Gasteiger partial charge in [0.2, 0.25) is 5.91 Å². The van der Waals surface area contributed by atoms with Crippen LogP contribution in [0.3, 0.4) is 0 Å². The molecule has 0 bridgehead atoms. The molecule has 0 aliphatic rings. The minimum atomic E-state index is -0.452. The molecule has 0 aliphatic carbocycles. The predicted octanol–water partition coefficient (Wildman–Crippen LogP) is 2.34. The molecule has 0 heterocycles. The molecule has 0 radical (unpaired) electrons. The average Bonchev–Trinajstić information content (AvgIpc) is 2.20. The Bertz CT molecular complexity index is 335. The molecule has 0 aliphatic heterocycles. The zero-order valence-electron chi connectivity index (χ0n) is 9.86. The number of anilines is 1. The van der Waals surface area contributed by atoms with E-state index in [9.17, 15) is 4.79 Å². The van der Waals surface area contributed by atoms with Crippen molar-refractivity contribution in [2.75, 3.05) is 5.32 Å². The Morgan fingerprint density at radius 1 is 1.25 bits per heavy atom. The molecule has 90 valence electrons. The monoisotopic (exact) mass is 242 g/mol. The van der Waals surface area contributed by atoms with Crippen molar-refractivity contribution < 1.29 is 4.79 Å². The van der Waals surface area contributed by atoms with Crippen LogP contribution >= 0.6 is 12.4 Å². The first-order valence-electron chi connectivity index (χ1n) is 5.14. The van der Waals surface area contributed by atoms with E-state index in [0.717, 1.165) is 5.69 Å². The zero-order valence-corrected chi connectivity index (χ0v) is 10.7. The van der Waals surface area contributed by atoms with E-state index in [-0.39, 0.29) is 24.2 Å². The SMILES string of the molecule is Cc1ccc(NC(=O)C(N)C(C)C)cc1.Cl. The highest BCUT2D eigenvalue weighted by Crippen LogP contribution is 2.10. The van der Waals surface area contributed by atoms with Gasteiger partial charge in [0.15, 0.2) is 0 Å². The number of benzene rings is 1. The molecule has 1 amide bonds. The number of nitrogens with one attached hydrogen (secondary N) is 1. The standard InChI is InChI=1S/C12H18N2O.ClH/c1-8(2)11(13)12(15)14-10-6-4-9(3)5-7-10;/h4-8,11H,13H2,1-3H3,(H,14,15);1H. The van der Waals surface area contributed by atoms with Crippen LogP contribution < -0.4 is 11.1 Å². The van der Waals surface area contributed by atoms with E-state index in [2.05, 4.69) is 5.32 Å². The van der Waals surface area contributed by atoms with Crippen molar-refractivity contribution in [3.05, 3.63) is 29.8 Å². The summed E-state index contributed by atoms with van der Waals surface area (Å²) in [5.41, 5.74) is 7.69. The summed E-state index contributed by atoms with van der Waals surface area (Å²) in [5.74, 6) is 0.0179. The first kappa shape index (κ1) is 14.9. The molecule has 0 saturated carbocycles. The van der Waals surface area contributed by atoms with Crippen LogP contribution in [0.25, 0.3) is 0 Å². The highest BCUT2D eigenvalue weighted by atomic mass is 35.5. The summed E-state index contributed by atoms with van der Waals surface area (Å²) < 4.78 is 0. The van der Waals surface area contributed by atoms with Gasteiger partial charge in [-0.25, -0.2) is 0 Å². The second-order valence-corrected chi connectivity index (χ2v) is 4.13. The summed E-state index contributed by atoms with van der Waals surface area (Å²) in [6.45, 7) is 5.87. The van der Waals surface area contributed by atoms with Gasteiger partial charge >= 0.3 is 0 Å². The fourth-order valence-corrected chi connectivity index (χ4v) is 1.17. The van der Waals surface area contributed by atoms with E-state index >= 15 is 0 Å². The van der Waals surface area contributed by atoms with Crippen molar-refractivity contribution >= 4 is 24.0 Å². The smallest absolute Gasteiger partial charge is 0.241 e. The number of hydrogen-bond donors (Lipinski definition) is 2. The van der Waals surface area contributed by atoms with E-state index in [4.69, 9.17) is 5.73 Å². The molecule has 1 rings (SSSR count). The highest BCUT2D eigenvalue weighted by molar-refractivity contribution is 5.94. The quantitative estimate of drug-likeness (QED) is 0.855. The number of halogens is 1. The lowest BCUT2D eigenvalue weighted by Gasteiger charge is -2.15. The lowest BCUT2D eigenvalue weighted by molar-refractivity contribution is -0.118. The van der Waals surface area contributed by atoms with Crippen molar-refractivity contribution in [1.29, 1.82) is 0 Å². The molecule has 4 heteroatoms. The van der Waals surface area contributed by atoms with Gasteiger partial charge in [0, 0.05) is 5.69 Å². The Morgan fingerprint density at radius 3 is 2.19 bits per heavy atom. The van der Waals surface area contributed by atoms with Gasteiger partial charge in [-0.05, 0) is 25.0 Å². The Morgan fingerprint density at radius 2 is 1.75 bits per heavy atom. The molecule has 1 aromatic rings. The number of amides is 1. The van der Waals surface area contributed by atoms with Crippen LogP contribution in [0.5, 0.6) is 0 Å². The molecular weight excluding hydrogens is 224 g/mol. The third kappa shape index (κ3) is 4.21. The van der Waals surface area contributed by atoms with E-state index in [1.54, 1.807) is 0 Å². The Balaban J connectivity index is 0.00000225. The Labute approximate surface area is 103 Å². The minimum absolute atomic E-state index is 0. The maximum atomic E-state index is 11.6. The van der Waals surface area contributed by atoms with Gasteiger partial charge in [-0.3, -0.25) is 4.79 Å². The third-order valence-electron chi connectivity index (χ3n) is 2.34. The topological polar surface area (TPSA) is 55.1 Å². The summed E-state index contributed by atoms with van der Waals surface area (Å²) in [7, 11) is 0. The summed E-state index contributed by atoms with van der Waals surface area (Å²) >= 11 is 0. The van der Waals surface area contributed by atoms with E-state index in [0.29, 0.717) is 0 Å². The van der Waals surface area contributed by atoms with E-state index < -0.39 is 6.04 Å². The molecule has 1 aromatic carbocycles. The first-order chi connectivity index (χ1) is 7.00. The lowest BCUT2D eigenvalue weighted by Crippen LogP contribution is -2.39. The normalized spacial score (nSPS) is 11.8. The molecule has 3 nitrogen and oxygen atoms in total. The van der Waals surface area contributed by atoms with Gasteiger partial charge in [-0.1, -0.05) is 31.5 Å². The van der Waals surface area contributed by atoms with Crippen molar-refractivity contribution in [1.82, 2.24) is 0 Å². The largest absolute Gasteiger partial charge is 0.325 e. The minimum Gasteiger partial charge on any atom is -0.325 e. The number of aryl methyl sites for hydroxylation is 1. The van der Waals surface area contributed by atoms with Crippen LogP contribution in [0.4, 0.5) is 5.69 Å². The third-order valence-corrected chi connectivity index (χ3v) is 2.34. The van der Waals surface area contributed by atoms with Crippen molar-refractivity contribution in [2.45, 2.75) is 26.8 Å². The van der Waals surface area contributed by atoms with Gasteiger partial charge in [0.25, 0.3) is 0 Å². The maximum Gasteiger partial charge on any atom is 0.241 e. The van der Waals surface area contributed by atoms with Gasteiger partial charge in [-0.2, -0.15) is 0 Å². The molecule has 3 N–H and O–H groups in total. The molecule has 0 aromatic heterocycles. The predicted molar refractivity (Wildman–Crippen MR) is 69.9 cm³/mol. The van der Waals surface area contributed by atoms with Gasteiger partial charge in [-0.15, -0.1) is 12.4 Å².